The molecule has 1 aliphatic rings. The molecule has 7 heteroatoms. The molecule has 2 heterocycles. The van der Waals surface area contributed by atoms with Crippen molar-refractivity contribution in [2.24, 2.45) is 11.7 Å². The van der Waals surface area contributed by atoms with E-state index in [2.05, 4.69) is 18.8 Å². The minimum absolute atomic E-state index is 0.0145. The molecule has 0 fully saturated rings. The van der Waals surface area contributed by atoms with Crippen LogP contribution in [0.25, 0.3) is 11.1 Å². The number of hydrogen-bond donors (Lipinski definition) is 2. The van der Waals surface area contributed by atoms with E-state index in [0.29, 0.717) is 36.4 Å². The maximum atomic E-state index is 11.6. The molecule has 1 aromatic carbocycles. The lowest BCUT2D eigenvalue weighted by Gasteiger charge is -2.26. The average Bonchev–Trinajstić information content (AvgIpc) is 2.65. The van der Waals surface area contributed by atoms with Gasteiger partial charge >= 0.3 is 6.09 Å². The lowest BCUT2D eigenvalue weighted by Crippen LogP contribution is -2.36. The van der Waals surface area contributed by atoms with Crippen molar-refractivity contribution in [3.05, 3.63) is 36.0 Å². The number of benzene rings is 1. The molecule has 0 spiro atoms. The summed E-state index contributed by atoms with van der Waals surface area (Å²) < 4.78 is 11.7. The summed E-state index contributed by atoms with van der Waals surface area (Å²) in [6.07, 6.45) is 1.56. The summed E-state index contributed by atoms with van der Waals surface area (Å²) in [4.78, 5) is 17.2. The standard InChI is InChI=1S/C22H29N3O4/c1-13(2)7-16(23)12-28-17-5-6-18-19-9-21(25(14(3)4)22(26)27)24-10-15(19)11-29-20(18)8-17/h5-6,8-10,13-14,16H,7,11-12,23H2,1-4H3,(H,26,27)/t16-/m0/s1. The van der Waals surface area contributed by atoms with Crippen LogP contribution in [0.3, 0.4) is 0 Å². The second kappa shape index (κ2) is 8.69. The number of nitrogens with two attached hydrogens (primary N) is 1. The molecule has 1 atom stereocenters. The van der Waals surface area contributed by atoms with E-state index in [1.54, 1.807) is 6.20 Å². The fourth-order valence-electron chi connectivity index (χ4n) is 3.52. The molecule has 29 heavy (non-hydrogen) atoms. The molecule has 0 saturated carbocycles. The zero-order valence-corrected chi connectivity index (χ0v) is 17.4. The van der Waals surface area contributed by atoms with Crippen molar-refractivity contribution >= 4 is 11.9 Å². The van der Waals surface area contributed by atoms with E-state index >= 15 is 0 Å². The Kier molecular flexibility index (Phi) is 6.27. The molecule has 0 aliphatic carbocycles. The van der Waals surface area contributed by atoms with Gasteiger partial charge < -0.3 is 20.3 Å². The summed E-state index contributed by atoms with van der Waals surface area (Å²) in [6, 6.07) is 7.25. The molecular formula is C22H29N3O4. The number of aromatic nitrogens is 1. The molecule has 0 unspecified atom stereocenters. The molecular weight excluding hydrogens is 370 g/mol. The Labute approximate surface area is 171 Å². The van der Waals surface area contributed by atoms with E-state index in [0.717, 1.165) is 23.1 Å². The molecule has 1 amide bonds. The van der Waals surface area contributed by atoms with Crippen LogP contribution in [0.1, 0.15) is 39.7 Å². The fraction of sp³-hybridized carbons (Fsp3) is 0.455. The van der Waals surface area contributed by atoms with Crippen LogP contribution in [-0.4, -0.2) is 34.9 Å². The van der Waals surface area contributed by atoms with Gasteiger partial charge in [0.25, 0.3) is 0 Å². The van der Waals surface area contributed by atoms with Gasteiger partial charge in [0.1, 0.15) is 30.5 Å². The highest BCUT2D eigenvalue weighted by atomic mass is 16.5. The number of carbonyl (C=O) groups is 1. The lowest BCUT2D eigenvalue weighted by atomic mass is 9.98. The Hall–Kier alpha value is -2.80. The molecule has 156 valence electrons. The van der Waals surface area contributed by atoms with Crippen LogP contribution in [0, 0.1) is 5.92 Å². The van der Waals surface area contributed by atoms with E-state index in [1.165, 1.54) is 4.90 Å². The topological polar surface area (TPSA) is 97.9 Å². The molecule has 3 N–H and O–H groups in total. The second-order valence-electron chi connectivity index (χ2n) is 8.09. The van der Waals surface area contributed by atoms with Gasteiger partial charge in [-0.15, -0.1) is 0 Å². The fourth-order valence-corrected chi connectivity index (χ4v) is 3.52. The van der Waals surface area contributed by atoms with Crippen molar-refractivity contribution in [1.29, 1.82) is 0 Å². The number of anilines is 1. The van der Waals surface area contributed by atoms with Crippen LogP contribution in [0.2, 0.25) is 0 Å². The van der Waals surface area contributed by atoms with Crippen molar-refractivity contribution in [1.82, 2.24) is 4.98 Å². The zero-order valence-electron chi connectivity index (χ0n) is 17.4. The van der Waals surface area contributed by atoms with Gasteiger partial charge in [-0.1, -0.05) is 13.8 Å². The highest BCUT2D eigenvalue weighted by molar-refractivity contribution is 5.87. The summed E-state index contributed by atoms with van der Waals surface area (Å²) >= 11 is 0. The lowest BCUT2D eigenvalue weighted by molar-refractivity contribution is 0.200. The van der Waals surface area contributed by atoms with Crippen molar-refractivity contribution in [3.8, 4) is 22.6 Å². The van der Waals surface area contributed by atoms with Gasteiger partial charge in [-0.25, -0.2) is 9.78 Å². The molecule has 3 rings (SSSR count). The summed E-state index contributed by atoms with van der Waals surface area (Å²) in [5.41, 5.74) is 8.83. The van der Waals surface area contributed by atoms with E-state index in [-0.39, 0.29) is 12.1 Å². The second-order valence-corrected chi connectivity index (χ2v) is 8.09. The zero-order chi connectivity index (χ0) is 21.1. The van der Waals surface area contributed by atoms with E-state index < -0.39 is 6.09 Å². The normalized spacial score (nSPS) is 13.5. The predicted molar refractivity (Wildman–Crippen MR) is 113 cm³/mol. The molecule has 2 aromatic rings. The van der Waals surface area contributed by atoms with E-state index in [9.17, 15) is 9.90 Å². The first-order chi connectivity index (χ1) is 13.8. The van der Waals surface area contributed by atoms with Crippen LogP contribution in [0.15, 0.2) is 30.5 Å². The molecule has 1 aliphatic heterocycles. The Morgan fingerprint density at radius 1 is 1.28 bits per heavy atom. The number of ether oxygens (including phenoxy) is 2. The summed E-state index contributed by atoms with van der Waals surface area (Å²) in [7, 11) is 0. The third-order valence-corrected chi connectivity index (χ3v) is 4.81. The molecule has 1 aromatic heterocycles. The summed E-state index contributed by atoms with van der Waals surface area (Å²) in [5.74, 6) is 2.33. The van der Waals surface area contributed by atoms with Crippen LogP contribution in [-0.2, 0) is 6.61 Å². The Bertz CT molecular complexity index is 882. The number of pyridine rings is 1. The van der Waals surface area contributed by atoms with Crippen LogP contribution >= 0.6 is 0 Å². The maximum absolute atomic E-state index is 11.6. The van der Waals surface area contributed by atoms with Crippen LogP contribution in [0.5, 0.6) is 11.5 Å². The highest BCUT2D eigenvalue weighted by Crippen LogP contribution is 2.40. The SMILES string of the molecule is CC(C)C[C@H](N)COc1ccc2c(c1)OCc1cnc(N(C(=O)O)C(C)C)cc1-2. The van der Waals surface area contributed by atoms with E-state index in [1.807, 2.05) is 38.1 Å². The van der Waals surface area contributed by atoms with Gasteiger partial charge in [-0.05, 0) is 49.9 Å². The van der Waals surface area contributed by atoms with Crippen molar-refractivity contribution < 1.29 is 19.4 Å². The van der Waals surface area contributed by atoms with E-state index in [4.69, 9.17) is 15.2 Å². The van der Waals surface area contributed by atoms with Crippen LogP contribution in [0.4, 0.5) is 10.6 Å². The first-order valence-corrected chi connectivity index (χ1v) is 9.93. The number of fused-ring (bicyclic) bond motifs is 3. The Balaban J connectivity index is 1.84. The van der Waals surface area contributed by atoms with Crippen molar-refractivity contribution in [2.45, 2.75) is 52.8 Å². The van der Waals surface area contributed by atoms with Gasteiger partial charge in [0.05, 0.1) is 0 Å². The van der Waals surface area contributed by atoms with Gasteiger partial charge in [0.2, 0.25) is 0 Å². The molecule has 0 radical (unpaired) electrons. The maximum Gasteiger partial charge on any atom is 0.413 e. The number of hydrogen-bond acceptors (Lipinski definition) is 5. The number of amides is 1. The summed E-state index contributed by atoms with van der Waals surface area (Å²) in [5, 5.41) is 9.53. The van der Waals surface area contributed by atoms with Gasteiger partial charge in [-0.3, -0.25) is 4.90 Å². The highest BCUT2D eigenvalue weighted by Gasteiger charge is 2.24. The quantitative estimate of drug-likeness (QED) is 0.721. The predicted octanol–water partition coefficient (Wildman–Crippen LogP) is 4.29. The van der Waals surface area contributed by atoms with Crippen molar-refractivity contribution in [2.75, 3.05) is 11.5 Å². The molecule has 0 bridgehead atoms. The molecule has 7 nitrogen and oxygen atoms in total. The average molecular weight is 399 g/mol. The number of carboxylic acid groups (broad SMARTS) is 1. The Morgan fingerprint density at radius 2 is 2.03 bits per heavy atom. The van der Waals surface area contributed by atoms with Gasteiger partial charge in [-0.2, -0.15) is 0 Å². The Morgan fingerprint density at radius 3 is 2.69 bits per heavy atom. The smallest absolute Gasteiger partial charge is 0.413 e. The third kappa shape index (κ3) is 4.79. The third-order valence-electron chi connectivity index (χ3n) is 4.81. The number of nitrogens with zero attached hydrogens (tertiary/aromatic N) is 2. The minimum Gasteiger partial charge on any atom is -0.492 e. The van der Waals surface area contributed by atoms with Gasteiger partial charge in [0, 0.05) is 35.5 Å². The minimum atomic E-state index is -1.03. The first-order valence-electron chi connectivity index (χ1n) is 9.93. The monoisotopic (exact) mass is 399 g/mol. The summed E-state index contributed by atoms with van der Waals surface area (Å²) in [6.45, 7) is 8.74. The molecule has 0 saturated heterocycles. The van der Waals surface area contributed by atoms with Gasteiger partial charge in [0.15, 0.2) is 0 Å². The van der Waals surface area contributed by atoms with Crippen LogP contribution < -0.4 is 20.1 Å². The largest absolute Gasteiger partial charge is 0.492 e. The number of rotatable bonds is 7. The van der Waals surface area contributed by atoms with Crippen molar-refractivity contribution in [3.63, 3.8) is 0 Å². The first kappa shape index (κ1) is 20.9.